The highest BCUT2D eigenvalue weighted by Gasteiger charge is 2.29. The monoisotopic (exact) mass is 176 g/mol. The number of aliphatic hydroxyl groups is 2. The van der Waals surface area contributed by atoms with Crippen molar-refractivity contribution in [3.05, 3.63) is 0 Å². The third-order valence-electron chi connectivity index (χ3n) is 1.77. The Morgan fingerprint density at radius 1 is 1.50 bits per heavy atom. The van der Waals surface area contributed by atoms with Crippen LogP contribution in [0.3, 0.4) is 0 Å². The van der Waals surface area contributed by atoms with Crippen molar-refractivity contribution < 1.29 is 19.7 Å². The summed E-state index contributed by atoms with van der Waals surface area (Å²) >= 11 is 0. The molecule has 72 valence electrons. The lowest BCUT2D eigenvalue weighted by Crippen LogP contribution is -2.42. The van der Waals surface area contributed by atoms with Crippen molar-refractivity contribution >= 4 is 0 Å². The highest BCUT2D eigenvalue weighted by molar-refractivity contribution is 4.72. The summed E-state index contributed by atoms with van der Waals surface area (Å²) < 4.78 is 10.3. The van der Waals surface area contributed by atoms with E-state index >= 15 is 0 Å². The maximum absolute atomic E-state index is 9.36. The molecule has 0 saturated carbocycles. The Morgan fingerprint density at radius 2 is 2.25 bits per heavy atom. The van der Waals surface area contributed by atoms with E-state index in [1.165, 1.54) is 0 Å². The maximum atomic E-state index is 9.36. The molecule has 0 aliphatic carbocycles. The van der Waals surface area contributed by atoms with Crippen LogP contribution in [0.4, 0.5) is 0 Å². The smallest absolute Gasteiger partial charge is 0.183 e. The fraction of sp³-hybridized carbons (Fsp3) is 1.00. The maximum Gasteiger partial charge on any atom is 0.183 e. The van der Waals surface area contributed by atoms with Gasteiger partial charge in [0.05, 0.1) is 12.7 Å². The van der Waals surface area contributed by atoms with Crippen LogP contribution < -0.4 is 0 Å². The normalized spacial score (nSPS) is 36.8. The van der Waals surface area contributed by atoms with Crippen molar-refractivity contribution in [1.82, 2.24) is 0 Å². The first-order valence-corrected chi connectivity index (χ1v) is 4.33. The Labute approximate surface area is 72.1 Å². The van der Waals surface area contributed by atoms with Gasteiger partial charge < -0.3 is 19.7 Å². The minimum absolute atomic E-state index is 0.255. The molecule has 0 aromatic heterocycles. The molecule has 3 unspecified atom stereocenters. The van der Waals surface area contributed by atoms with E-state index in [-0.39, 0.29) is 6.61 Å². The Balaban J connectivity index is 2.25. The highest BCUT2D eigenvalue weighted by Crippen LogP contribution is 2.15. The lowest BCUT2D eigenvalue weighted by Gasteiger charge is -2.30. The number of aliphatic hydroxyl groups excluding tert-OH is 2. The van der Waals surface area contributed by atoms with Gasteiger partial charge in [-0.15, -0.1) is 0 Å². The zero-order valence-corrected chi connectivity index (χ0v) is 7.27. The van der Waals surface area contributed by atoms with Crippen LogP contribution in [-0.2, 0) is 9.47 Å². The summed E-state index contributed by atoms with van der Waals surface area (Å²) in [6, 6.07) is 0. The standard InChI is InChI=1S/C8H16O4/c1-2-3-11-8-7(10)4-6(9)5-12-8/h6-10H,2-5H2,1H3. The predicted octanol–water partition coefficient (Wildman–Crippen LogP) is -0.119. The van der Waals surface area contributed by atoms with Crippen LogP contribution in [0.1, 0.15) is 19.8 Å². The third kappa shape index (κ3) is 2.71. The van der Waals surface area contributed by atoms with Gasteiger partial charge in [0.1, 0.15) is 6.10 Å². The summed E-state index contributed by atoms with van der Waals surface area (Å²) in [5.41, 5.74) is 0. The molecule has 4 heteroatoms. The second-order valence-electron chi connectivity index (χ2n) is 3.03. The molecule has 0 radical (unpaired) electrons. The molecule has 1 heterocycles. The Kier molecular flexibility index (Phi) is 3.94. The van der Waals surface area contributed by atoms with Gasteiger partial charge in [-0.1, -0.05) is 6.92 Å². The van der Waals surface area contributed by atoms with Crippen molar-refractivity contribution in [1.29, 1.82) is 0 Å². The minimum atomic E-state index is -0.694. The van der Waals surface area contributed by atoms with Crippen LogP contribution in [0.2, 0.25) is 0 Å². The van der Waals surface area contributed by atoms with E-state index < -0.39 is 18.5 Å². The Hall–Kier alpha value is -0.160. The van der Waals surface area contributed by atoms with Gasteiger partial charge in [0.15, 0.2) is 6.29 Å². The largest absolute Gasteiger partial charge is 0.391 e. The second-order valence-corrected chi connectivity index (χ2v) is 3.03. The minimum Gasteiger partial charge on any atom is -0.391 e. The van der Waals surface area contributed by atoms with Gasteiger partial charge >= 0.3 is 0 Å². The number of hydrogen-bond acceptors (Lipinski definition) is 4. The van der Waals surface area contributed by atoms with E-state index in [2.05, 4.69) is 0 Å². The van der Waals surface area contributed by atoms with Crippen molar-refractivity contribution in [2.75, 3.05) is 13.2 Å². The zero-order valence-electron chi connectivity index (χ0n) is 7.27. The topological polar surface area (TPSA) is 58.9 Å². The van der Waals surface area contributed by atoms with Crippen LogP contribution in [-0.4, -0.2) is 41.9 Å². The van der Waals surface area contributed by atoms with E-state index in [0.29, 0.717) is 13.0 Å². The molecule has 0 bridgehead atoms. The molecule has 1 fully saturated rings. The van der Waals surface area contributed by atoms with Crippen LogP contribution in [0.15, 0.2) is 0 Å². The number of hydrogen-bond donors (Lipinski definition) is 2. The lowest BCUT2D eigenvalue weighted by molar-refractivity contribution is -0.235. The molecule has 0 amide bonds. The fourth-order valence-corrected chi connectivity index (χ4v) is 1.17. The quantitative estimate of drug-likeness (QED) is 0.629. The summed E-state index contributed by atoms with van der Waals surface area (Å²) in [6.07, 6.45) is -0.557. The van der Waals surface area contributed by atoms with Gasteiger partial charge in [0.2, 0.25) is 0 Å². The fourth-order valence-electron chi connectivity index (χ4n) is 1.17. The van der Waals surface area contributed by atoms with Crippen molar-refractivity contribution in [2.24, 2.45) is 0 Å². The molecule has 1 saturated heterocycles. The first-order chi connectivity index (χ1) is 5.74. The van der Waals surface area contributed by atoms with E-state index in [4.69, 9.17) is 14.6 Å². The van der Waals surface area contributed by atoms with Gasteiger partial charge in [-0.05, 0) is 6.42 Å². The van der Waals surface area contributed by atoms with Crippen LogP contribution in [0, 0.1) is 0 Å². The average molecular weight is 176 g/mol. The number of rotatable bonds is 3. The van der Waals surface area contributed by atoms with Gasteiger partial charge in [0.25, 0.3) is 0 Å². The third-order valence-corrected chi connectivity index (χ3v) is 1.77. The van der Waals surface area contributed by atoms with Crippen LogP contribution in [0.5, 0.6) is 0 Å². The van der Waals surface area contributed by atoms with Crippen molar-refractivity contribution in [3.8, 4) is 0 Å². The number of ether oxygens (including phenoxy) is 2. The van der Waals surface area contributed by atoms with Crippen molar-refractivity contribution in [3.63, 3.8) is 0 Å². The van der Waals surface area contributed by atoms with E-state index in [0.717, 1.165) is 6.42 Å². The van der Waals surface area contributed by atoms with Crippen molar-refractivity contribution in [2.45, 2.75) is 38.3 Å². The molecule has 0 aromatic rings. The molecule has 3 atom stereocenters. The Bertz CT molecular complexity index is 126. The summed E-state index contributed by atoms with van der Waals surface area (Å²) in [5, 5.41) is 18.4. The molecule has 1 rings (SSSR count). The van der Waals surface area contributed by atoms with Gasteiger partial charge in [-0.25, -0.2) is 0 Å². The van der Waals surface area contributed by atoms with Crippen LogP contribution >= 0.6 is 0 Å². The van der Waals surface area contributed by atoms with Crippen LogP contribution in [0.25, 0.3) is 0 Å². The molecule has 1 aliphatic rings. The molecular formula is C8H16O4. The summed E-state index contributed by atoms with van der Waals surface area (Å²) in [7, 11) is 0. The summed E-state index contributed by atoms with van der Waals surface area (Å²) in [5.74, 6) is 0. The first kappa shape index (κ1) is 9.92. The second kappa shape index (κ2) is 4.77. The molecule has 0 spiro atoms. The molecule has 12 heavy (non-hydrogen) atoms. The Morgan fingerprint density at radius 3 is 2.83 bits per heavy atom. The lowest BCUT2D eigenvalue weighted by atomic mass is 10.1. The molecule has 0 aromatic carbocycles. The van der Waals surface area contributed by atoms with E-state index in [1.807, 2.05) is 6.92 Å². The zero-order chi connectivity index (χ0) is 8.97. The van der Waals surface area contributed by atoms with E-state index in [9.17, 15) is 5.11 Å². The first-order valence-electron chi connectivity index (χ1n) is 4.33. The average Bonchev–Trinajstić information content (AvgIpc) is 2.03. The predicted molar refractivity (Wildman–Crippen MR) is 42.6 cm³/mol. The SMILES string of the molecule is CCCOC1OCC(O)CC1O. The van der Waals surface area contributed by atoms with E-state index in [1.54, 1.807) is 0 Å². The molecule has 1 aliphatic heterocycles. The molecule has 4 nitrogen and oxygen atoms in total. The molecular weight excluding hydrogens is 160 g/mol. The summed E-state index contributed by atoms with van der Waals surface area (Å²) in [6.45, 7) is 2.83. The van der Waals surface area contributed by atoms with Gasteiger partial charge in [0, 0.05) is 13.0 Å². The summed E-state index contributed by atoms with van der Waals surface area (Å²) in [4.78, 5) is 0. The van der Waals surface area contributed by atoms with Gasteiger partial charge in [-0.3, -0.25) is 0 Å². The van der Waals surface area contributed by atoms with Gasteiger partial charge in [-0.2, -0.15) is 0 Å². The molecule has 2 N–H and O–H groups in total. The highest BCUT2D eigenvalue weighted by atomic mass is 16.7.